The smallest absolute Gasteiger partial charge is 0.230 e. The molecule has 3 rings (SSSR count). The van der Waals surface area contributed by atoms with E-state index in [1.54, 1.807) is 7.05 Å². The first-order valence-electron chi connectivity index (χ1n) is 8.17. The molecule has 0 saturated carbocycles. The molecule has 0 amide bonds. The highest BCUT2D eigenvalue weighted by atomic mass is 16.5. The van der Waals surface area contributed by atoms with Crippen LogP contribution < -0.4 is 14.8 Å². The van der Waals surface area contributed by atoms with Gasteiger partial charge in [-0.1, -0.05) is 6.07 Å². The number of nitrogens with zero attached hydrogens (tertiary/aromatic N) is 3. The van der Waals surface area contributed by atoms with Gasteiger partial charge in [-0.15, -0.1) is 0 Å². The van der Waals surface area contributed by atoms with Crippen LogP contribution in [0.5, 0.6) is 11.6 Å². The molecular formula is C17H24N4O2. The molecule has 0 bridgehead atoms. The molecule has 1 aliphatic rings. The van der Waals surface area contributed by atoms with Crippen molar-refractivity contribution in [2.45, 2.75) is 25.9 Å². The molecule has 6 heteroatoms. The number of rotatable bonds is 5. The zero-order valence-electron chi connectivity index (χ0n) is 14.0. The number of aromatic nitrogens is 2. The molecule has 23 heavy (non-hydrogen) atoms. The summed E-state index contributed by atoms with van der Waals surface area (Å²) in [6.07, 6.45) is 2.30. The molecule has 124 valence electrons. The van der Waals surface area contributed by atoms with Crippen molar-refractivity contribution in [3.63, 3.8) is 0 Å². The Labute approximate surface area is 136 Å². The molecule has 0 unspecified atom stereocenters. The lowest BCUT2D eigenvalue weighted by Gasteiger charge is -2.29. The second kappa shape index (κ2) is 7.00. The van der Waals surface area contributed by atoms with Crippen molar-refractivity contribution in [3.05, 3.63) is 18.2 Å². The second-order valence-corrected chi connectivity index (χ2v) is 5.81. The van der Waals surface area contributed by atoms with Gasteiger partial charge in [-0.3, -0.25) is 0 Å². The van der Waals surface area contributed by atoms with Crippen LogP contribution in [0.4, 0.5) is 5.95 Å². The number of ether oxygens (including phenoxy) is 2. The van der Waals surface area contributed by atoms with E-state index < -0.39 is 0 Å². The standard InChI is InChI=1S/C17H24N4O2/c1-4-22-16-15-13(19-17(18-2)20-16)6-5-7-14(15)23-12-8-10-21(3)11-9-12/h5-7,12H,4,8-11H2,1-3H3,(H,18,19,20). The van der Waals surface area contributed by atoms with Gasteiger partial charge in [-0.25, -0.2) is 4.98 Å². The number of likely N-dealkylation sites (tertiary alicyclic amines) is 1. The monoisotopic (exact) mass is 316 g/mol. The van der Waals surface area contributed by atoms with Crippen molar-refractivity contribution >= 4 is 16.9 Å². The van der Waals surface area contributed by atoms with Crippen LogP contribution in [0.3, 0.4) is 0 Å². The highest BCUT2D eigenvalue weighted by Gasteiger charge is 2.20. The molecule has 0 radical (unpaired) electrons. The summed E-state index contributed by atoms with van der Waals surface area (Å²) in [5.41, 5.74) is 0.832. The number of hydrogen-bond donors (Lipinski definition) is 1. The van der Waals surface area contributed by atoms with E-state index in [1.807, 2.05) is 25.1 Å². The fourth-order valence-electron chi connectivity index (χ4n) is 2.85. The summed E-state index contributed by atoms with van der Waals surface area (Å²) in [5, 5.41) is 3.83. The summed E-state index contributed by atoms with van der Waals surface area (Å²) in [7, 11) is 3.95. The molecule has 0 atom stereocenters. The Morgan fingerprint density at radius 2 is 2.04 bits per heavy atom. The van der Waals surface area contributed by atoms with Gasteiger partial charge in [0.2, 0.25) is 11.8 Å². The molecule has 0 aliphatic carbocycles. The Bertz CT molecular complexity index is 669. The van der Waals surface area contributed by atoms with Crippen LogP contribution in [0.1, 0.15) is 19.8 Å². The minimum atomic E-state index is 0.232. The minimum Gasteiger partial charge on any atom is -0.489 e. The first kappa shape index (κ1) is 15.8. The average Bonchev–Trinajstić information content (AvgIpc) is 2.57. The van der Waals surface area contributed by atoms with Crippen LogP contribution in [-0.4, -0.2) is 54.8 Å². The van der Waals surface area contributed by atoms with Crippen molar-refractivity contribution in [1.82, 2.24) is 14.9 Å². The summed E-state index contributed by atoms with van der Waals surface area (Å²) < 4.78 is 12.0. The summed E-state index contributed by atoms with van der Waals surface area (Å²) in [4.78, 5) is 11.3. The normalized spacial score (nSPS) is 16.5. The van der Waals surface area contributed by atoms with Crippen LogP contribution in [0.15, 0.2) is 18.2 Å². The van der Waals surface area contributed by atoms with Gasteiger partial charge in [0, 0.05) is 20.1 Å². The van der Waals surface area contributed by atoms with Crippen LogP contribution >= 0.6 is 0 Å². The quantitative estimate of drug-likeness (QED) is 0.915. The lowest BCUT2D eigenvalue weighted by Crippen LogP contribution is -2.35. The van der Waals surface area contributed by atoms with Crippen molar-refractivity contribution in [2.24, 2.45) is 0 Å². The number of anilines is 1. The van der Waals surface area contributed by atoms with Crippen molar-refractivity contribution in [1.29, 1.82) is 0 Å². The van der Waals surface area contributed by atoms with Gasteiger partial charge < -0.3 is 19.7 Å². The number of nitrogens with one attached hydrogen (secondary N) is 1. The van der Waals surface area contributed by atoms with Gasteiger partial charge >= 0.3 is 0 Å². The zero-order chi connectivity index (χ0) is 16.2. The molecule has 1 aromatic carbocycles. The Balaban J connectivity index is 1.96. The SMILES string of the molecule is CCOc1nc(NC)nc2cccc(OC3CCN(C)CC3)c12. The first-order valence-corrected chi connectivity index (χ1v) is 8.17. The van der Waals surface area contributed by atoms with E-state index in [4.69, 9.17) is 9.47 Å². The van der Waals surface area contributed by atoms with Crippen molar-refractivity contribution in [3.8, 4) is 11.6 Å². The third-order valence-corrected chi connectivity index (χ3v) is 4.12. The van der Waals surface area contributed by atoms with E-state index in [-0.39, 0.29) is 6.10 Å². The van der Waals surface area contributed by atoms with Crippen molar-refractivity contribution in [2.75, 3.05) is 39.1 Å². The molecule has 2 heterocycles. The third kappa shape index (κ3) is 3.47. The van der Waals surface area contributed by atoms with Crippen LogP contribution in [0.25, 0.3) is 10.9 Å². The zero-order valence-corrected chi connectivity index (χ0v) is 14.0. The second-order valence-electron chi connectivity index (χ2n) is 5.81. The highest BCUT2D eigenvalue weighted by Crippen LogP contribution is 2.34. The Morgan fingerprint density at radius 1 is 1.26 bits per heavy atom. The molecule has 1 aliphatic heterocycles. The Kier molecular flexibility index (Phi) is 4.81. The lowest BCUT2D eigenvalue weighted by molar-refractivity contribution is 0.115. The van der Waals surface area contributed by atoms with Gasteiger partial charge in [0.05, 0.1) is 12.1 Å². The first-order chi connectivity index (χ1) is 11.2. The van der Waals surface area contributed by atoms with E-state index in [0.717, 1.165) is 42.6 Å². The third-order valence-electron chi connectivity index (χ3n) is 4.12. The predicted molar refractivity (Wildman–Crippen MR) is 91.4 cm³/mol. The maximum Gasteiger partial charge on any atom is 0.230 e. The van der Waals surface area contributed by atoms with Gasteiger partial charge in [-0.05, 0) is 38.9 Å². The van der Waals surface area contributed by atoms with Crippen LogP contribution in [-0.2, 0) is 0 Å². The van der Waals surface area contributed by atoms with Gasteiger partial charge in [0.25, 0.3) is 0 Å². The van der Waals surface area contributed by atoms with E-state index >= 15 is 0 Å². The molecule has 1 saturated heterocycles. The maximum absolute atomic E-state index is 6.27. The summed E-state index contributed by atoms with van der Waals surface area (Å²) in [6.45, 7) is 4.63. The topological polar surface area (TPSA) is 59.5 Å². The number of hydrogen-bond acceptors (Lipinski definition) is 6. The minimum absolute atomic E-state index is 0.232. The fraction of sp³-hybridized carbons (Fsp3) is 0.529. The molecule has 1 aromatic heterocycles. The fourth-order valence-corrected chi connectivity index (χ4v) is 2.85. The number of benzene rings is 1. The number of piperidine rings is 1. The Morgan fingerprint density at radius 3 is 2.74 bits per heavy atom. The molecule has 0 spiro atoms. The van der Waals surface area contributed by atoms with E-state index in [9.17, 15) is 0 Å². The van der Waals surface area contributed by atoms with Gasteiger partial charge in [-0.2, -0.15) is 4.98 Å². The maximum atomic E-state index is 6.27. The Hall–Kier alpha value is -2.08. The van der Waals surface area contributed by atoms with Crippen molar-refractivity contribution < 1.29 is 9.47 Å². The molecule has 1 fully saturated rings. The van der Waals surface area contributed by atoms with Crippen LogP contribution in [0.2, 0.25) is 0 Å². The predicted octanol–water partition coefficient (Wildman–Crippen LogP) is 2.54. The van der Waals surface area contributed by atoms with E-state index in [0.29, 0.717) is 18.4 Å². The van der Waals surface area contributed by atoms with Gasteiger partial charge in [0.15, 0.2) is 0 Å². The van der Waals surface area contributed by atoms with Gasteiger partial charge in [0.1, 0.15) is 17.2 Å². The molecule has 2 aromatic rings. The lowest BCUT2D eigenvalue weighted by atomic mass is 10.1. The average molecular weight is 316 g/mol. The summed E-state index contributed by atoms with van der Waals surface area (Å²) >= 11 is 0. The number of fused-ring (bicyclic) bond motifs is 1. The summed E-state index contributed by atoms with van der Waals surface area (Å²) in [6, 6.07) is 5.91. The highest BCUT2D eigenvalue weighted by molar-refractivity contribution is 5.90. The summed E-state index contributed by atoms with van der Waals surface area (Å²) in [5.74, 6) is 1.94. The molecule has 1 N–H and O–H groups in total. The molecular weight excluding hydrogens is 292 g/mol. The van der Waals surface area contributed by atoms with Crippen LogP contribution in [0, 0.1) is 0 Å². The largest absolute Gasteiger partial charge is 0.489 e. The molecule has 6 nitrogen and oxygen atoms in total. The van der Waals surface area contributed by atoms with E-state index in [2.05, 4.69) is 27.2 Å². The van der Waals surface area contributed by atoms with E-state index in [1.165, 1.54) is 0 Å².